The number of para-hydroxylation sites is 1. The van der Waals surface area contributed by atoms with Crippen molar-refractivity contribution in [1.29, 1.82) is 0 Å². The number of piperidine rings is 1. The molecular weight excluding hydrogens is 266 g/mol. The molecule has 0 saturated carbocycles. The molecule has 0 atom stereocenters. The van der Waals surface area contributed by atoms with Crippen LogP contribution in [0.3, 0.4) is 0 Å². The smallest absolute Gasteiger partial charge is 0.132 e. The quantitative estimate of drug-likeness (QED) is 0.836. The van der Waals surface area contributed by atoms with Crippen LogP contribution in [0, 0.1) is 5.92 Å². The summed E-state index contributed by atoms with van der Waals surface area (Å²) in [6, 6.07) is 8.28. The number of thioether (sulfide) groups is 1. The van der Waals surface area contributed by atoms with Crippen LogP contribution in [0.4, 0.5) is 0 Å². The summed E-state index contributed by atoms with van der Waals surface area (Å²) in [4.78, 5) is 1.27. The molecule has 0 amide bonds. The maximum Gasteiger partial charge on any atom is 0.132 e. The lowest BCUT2D eigenvalue weighted by atomic mass is 9.96. The molecule has 1 N–H and O–H groups in total. The van der Waals surface area contributed by atoms with Crippen molar-refractivity contribution in [2.75, 3.05) is 26.0 Å². The van der Waals surface area contributed by atoms with Crippen molar-refractivity contribution in [3.8, 4) is 5.75 Å². The molecule has 1 aromatic carbocycles. The third-order valence-electron chi connectivity index (χ3n) is 3.31. The van der Waals surface area contributed by atoms with Gasteiger partial charge >= 0.3 is 0 Å². The van der Waals surface area contributed by atoms with Gasteiger partial charge in [-0.1, -0.05) is 12.1 Å². The standard InChI is InChI=1S/C14H21NOS.ClH/c1-16-13-4-2-3-5-14(13)17-11-8-12-6-9-15-10-7-12;/h2-5,12,15H,6-11H2,1H3;1H. The highest BCUT2D eigenvalue weighted by atomic mass is 35.5. The normalized spacial score (nSPS) is 16.1. The Bertz CT molecular complexity index is 342. The van der Waals surface area contributed by atoms with Gasteiger partial charge in [-0.2, -0.15) is 0 Å². The van der Waals surface area contributed by atoms with Gasteiger partial charge in [-0.15, -0.1) is 24.2 Å². The van der Waals surface area contributed by atoms with Crippen LogP contribution in [0.5, 0.6) is 5.75 Å². The lowest BCUT2D eigenvalue weighted by Crippen LogP contribution is -2.27. The van der Waals surface area contributed by atoms with Gasteiger partial charge in [-0.3, -0.25) is 0 Å². The topological polar surface area (TPSA) is 21.3 Å². The average molecular weight is 288 g/mol. The molecule has 1 aromatic rings. The molecule has 0 aromatic heterocycles. The lowest BCUT2D eigenvalue weighted by molar-refractivity contribution is 0.367. The Kier molecular flexibility index (Phi) is 7.56. The Morgan fingerprint density at radius 1 is 1.28 bits per heavy atom. The Morgan fingerprint density at radius 3 is 2.72 bits per heavy atom. The molecule has 0 spiro atoms. The molecule has 1 saturated heterocycles. The summed E-state index contributed by atoms with van der Waals surface area (Å²) >= 11 is 1.92. The van der Waals surface area contributed by atoms with Gasteiger partial charge in [0.25, 0.3) is 0 Å². The van der Waals surface area contributed by atoms with Gasteiger partial charge in [0.05, 0.1) is 7.11 Å². The van der Waals surface area contributed by atoms with Crippen LogP contribution in [0.15, 0.2) is 29.2 Å². The molecule has 1 heterocycles. The van der Waals surface area contributed by atoms with Gasteiger partial charge in [-0.05, 0) is 56.2 Å². The number of hydrogen-bond acceptors (Lipinski definition) is 3. The first-order valence-corrected chi connectivity index (χ1v) is 7.35. The minimum absolute atomic E-state index is 0. The summed E-state index contributed by atoms with van der Waals surface area (Å²) in [6.45, 7) is 2.40. The van der Waals surface area contributed by atoms with E-state index in [0.29, 0.717) is 0 Å². The van der Waals surface area contributed by atoms with Crippen LogP contribution in [0.1, 0.15) is 19.3 Å². The maximum absolute atomic E-state index is 5.36. The first-order chi connectivity index (χ1) is 8.40. The fourth-order valence-electron chi connectivity index (χ4n) is 2.24. The van der Waals surface area contributed by atoms with Crippen molar-refractivity contribution >= 4 is 24.2 Å². The van der Waals surface area contributed by atoms with E-state index in [1.807, 2.05) is 23.9 Å². The molecule has 1 fully saturated rings. The van der Waals surface area contributed by atoms with E-state index in [9.17, 15) is 0 Å². The fourth-order valence-corrected chi connectivity index (χ4v) is 3.38. The monoisotopic (exact) mass is 287 g/mol. The van der Waals surface area contributed by atoms with Crippen molar-refractivity contribution in [1.82, 2.24) is 5.32 Å². The predicted octanol–water partition coefficient (Wildman–Crippen LogP) is 3.60. The van der Waals surface area contributed by atoms with Gasteiger partial charge in [0.1, 0.15) is 5.75 Å². The van der Waals surface area contributed by atoms with Crippen LogP contribution in [0.25, 0.3) is 0 Å². The third-order valence-corrected chi connectivity index (χ3v) is 4.40. The number of halogens is 1. The molecule has 1 aliphatic rings. The molecule has 0 bridgehead atoms. The largest absolute Gasteiger partial charge is 0.496 e. The number of hydrogen-bond donors (Lipinski definition) is 1. The van der Waals surface area contributed by atoms with Crippen molar-refractivity contribution in [2.24, 2.45) is 5.92 Å². The Hall–Kier alpha value is -0.380. The third kappa shape index (κ3) is 4.71. The number of nitrogens with one attached hydrogen (secondary N) is 1. The summed E-state index contributed by atoms with van der Waals surface area (Å²) in [7, 11) is 1.74. The van der Waals surface area contributed by atoms with E-state index in [0.717, 1.165) is 11.7 Å². The number of ether oxygens (including phenoxy) is 1. The molecule has 4 heteroatoms. The minimum atomic E-state index is 0. The zero-order chi connectivity index (χ0) is 11.9. The lowest BCUT2D eigenvalue weighted by Gasteiger charge is -2.22. The predicted molar refractivity (Wildman–Crippen MR) is 81.2 cm³/mol. The molecular formula is C14H22ClNOS. The SMILES string of the molecule is COc1ccccc1SCCC1CCNCC1.Cl. The van der Waals surface area contributed by atoms with E-state index in [1.54, 1.807) is 7.11 Å². The van der Waals surface area contributed by atoms with E-state index in [2.05, 4.69) is 17.4 Å². The van der Waals surface area contributed by atoms with Crippen molar-refractivity contribution in [3.63, 3.8) is 0 Å². The van der Waals surface area contributed by atoms with Gasteiger partial charge in [-0.25, -0.2) is 0 Å². The maximum atomic E-state index is 5.36. The molecule has 2 rings (SSSR count). The highest BCUT2D eigenvalue weighted by Crippen LogP contribution is 2.30. The molecule has 0 aliphatic carbocycles. The summed E-state index contributed by atoms with van der Waals surface area (Å²) in [5, 5.41) is 3.41. The Labute approximate surface area is 120 Å². The second-order valence-electron chi connectivity index (χ2n) is 4.48. The van der Waals surface area contributed by atoms with E-state index in [-0.39, 0.29) is 12.4 Å². The highest BCUT2D eigenvalue weighted by Gasteiger charge is 2.12. The highest BCUT2D eigenvalue weighted by molar-refractivity contribution is 7.99. The Balaban J connectivity index is 0.00000162. The summed E-state index contributed by atoms with van der Waals surface area (Å²) in [6.07, 6.45) is 4.00. The van der Waals surface area contributed by atoms with Crippen molar-refractivity contribution < 1.29 is 4.74 Å². The Morgan fingerprint density at radius 2 is 2.00 bits per heavy atom. The first-order valence-electron chi connectivity index (χ1n) is 6.36. The minimum Gasteiger partial charge on any atom is -0.496 e. The summed E-state index contributed by atoms with van der Waals surface area (Å²) in [5.41, 5.74) is 0. The molecule has 1 aliphatic heterocycles. The molecule has 0 radical (unpaired) electrons. The second-order valence-corrected chi connectivity index (χ2v) is 5.62. The van der Waals surface area contributed by atoms with E-state index in [4.69, 9.17) is 4.74 Å². The van der Waals surface area contributed by atoms with E-state index in [1.165, 1.54) is 43.0 Å². The fraction of sp³-hybridized carbons (Fsp3) is 0.571. The van der Waals surface area contributed by atoms with Crippen LogP contribution >= 0.6 is 24.2 Å². The molecule has 102 valence electrons. The van der Waals surface area contributed by atoms with Crippen LogP contribution < -0.4 is 10.1 Å². The molecule has 0 unspecified atom stereocenters. The van der Waals surface area contributed by atoms with E-state index >= 15 is 0 Å². The van der Waals surface area contributed by atoms with Gasteiger partial charge in [0, 0.05) is 4.90 Å². The van der Waals surface area contributed by atoms with Crippen LogP contribution in [-0.2, 0) is 0 Å². The van der Waals surface area contributed by atoms with Gasteiger partial charge in [0.2, 0.25) is 0 Å². The number of rotatable bonds is 5. The van der Waals surface area contributed by atoms with Gasteiger partial charge < -0.3 is 10.1 Å². The number of methoxy groups -OCH3 is 1. The van der Waals surface area contributed by atoms with Crippen LogP contribution in [-0.4, -0.2) is 26.0 Å². The summed E-state index contributed by atoms with van der Waals surface area (Å²) < 4.78 is 5.36. The summed E-state index contributed by atoms with van der Waals surface area (Å²) in [5.74, 6) is 3.12. The molecule has 2 nitrogen and oxygen atoms in total. The zero-order valence-electron chi connectivity index (χ0n) is 10.9. The molecule has 18 heavy (non-hydrogen) atoms. The van der Waals surface area contributed by atoms with Crippen molar-refractivity contribution in [3.05, 3.63) is 24.3 Å². The van der Waals surface area contributed by atoms with E-state index < -0.39 is 0 Å². The number of benzene rings is 1. The van der Waals surface area contributed by atoms with Gasteiger partial charge in [0.15, 0.2) is 0 Å². The second kappa shape index (κ2) is 8.68. The van der Waals surface area contributed by atoms with Crippen molar-refractivity contribution in [2.45, 2.75) is 24.2 Å². The zero-order valence-corrected chi connectivity index (χ0v) is 12.5. The first kappa shape index (κ1) is 15.7. The average Bonchev–Trinajstić information content (AvgIpc) is 2.40. The van der Waals surface area contributed by atoms with Crippen LogP contribution in [0.2, 0.25) is 0 Å².